The van der Waals surface area contributed by atoms with Crippen molar-refractivity contribution >= 4 is 55.8 Å². The highest BCUT2D eigenvalue weighted by atomic mass is 79.9. The summed E-state index contributed by atoms with van der Waals surface area (Å²) in [7, 11) is 1.65. The number of anilines is 1. The second kappa shape index (κ2) is 11.4. The number of carbonyl (C=O) groups excluding carboxylic acids is 2. The van der Waals surface area contributed by atoms with Crippen molar-refractivity contribution < 1.29 is 19.1 Å². The second-order valence-electron chi connectivity index (χ2n) is 8.44. The second-order valence-corrected chi connectivity index (χ2v) is 10.6. The van der Waals surface area contributed by atoms with Gasteiger partial charge in [-0.2, -0.15) is 5.10 Å². The quantitative estimate of drug-likeness (QED) is 0.276. The first kappa shape index (κ1) is 26.8. The van der Waals surface area contributed by atoms with E-state index < -0.39 is 5.97 Å². The lowest BCUT2D eigenvalue weighted by molar-refractivity contribution is 0.0374. The number of hydrogen-bond acceptors (Lipinski definition) is 9. The zero-order valence-corrected chi connectivity index (χ0v) is 23.7. The highest BCUT2D eigenvalue weighted by Crippen LogP contribution is 2.37. The lowest BCUT2D eigenvalue weighted by atomic mass is 9.88. The Bertz CT molecular complexity index is 1260. The third-order valence-electron chi connectivity index (χ3n) is 6.25. The number of H-pyrrole nitrogens is 1. The summed E-state index contributed by atoms with van der Waals surface area (Å²) < 4.78 is 13.4. The number of rotatable bonds is 9. The molecule has 194 valence electrons. The molecule has 1 N–H and O–H groups in total. The summed E-state index contributed by atoms with van der Waals surface area (Å²) in [5.41, 5.74) is 1.70. The van der Waals surface area contributed by atoms with Gasteiger partial charge in [0.05, 0.1) is 27.9 Å². The van der Waals surface area contributed by atoms with E-state index >= 15 is 0 Å². The summed E-state index contributed by atoms with van der Waals surface area (Å²) in [6.45, 7) is 7.61. The number of aromatic nitrogens is 5. The van der Waals surface area contributed by atoms with Crippen LogP contribution < -0.4 is 4.90 Å². The Morgan fingerprint density at radius 3 is 2.78 bits per heavy atom. The van der Waals surface area contributed by atoms with E-state index in [0.29, 0.717) is 62.8 Å². The molecule has 1 aliphatic heterocycles. The average molecular weight is 600 g/mol. The third kappa shape index (κ3) is 5.22. The van der Waals surface area contributed by atoms with E-state index in [1.54, 1.807) is 18.7 Å². The molecular weight excluding hydrogens is 572 g/mol. The SMILES string of the molecule is CCOC(=O)c1sc(N2CC[C@@H](CC(=O)c3[nH]c(C)c(Cl)c3Br)[C@@H](OC)C2)nc1-c1ncnn1CC. The van der Waals surface area contributed by atoms with Crippen LogP contribution in [0.25, 0.3) is 11.5 Å². The van der Waals surface area contributed by atoms with Crippen LogP contribution in [0.15, 0.2) is 10.8 Å². The normalized spacial score (nSPS) is 18.0. The fourth-order valence-corrected chi connectivity index (χ4v) is 6.10. The maximum Gasteiger partial charge on any atom is 0.350 e. The summed E-state index contributed by atoms with van der Waals surface area (Å²) in [5, 5.41) is 5.42. The molecule has 3 aromatic rings. The number of nitrogens with one attached hydrogen (secondary N) is 1. The van der Waals surface area contributed by atoms with Gasteiger partial charge in [0, 0.05) is 38.9 Å². The minimum absolute atomic E-state index is 0.0163. The van der Waals surface area contributed by atoms with E-state index in [9.17, 15) is 9.59 Å². The first-order valence-electron chi connectivity index (χ1n) is 11.7. The summed E-state index contributed by atoms with van der Waals surface area (Å²) in [6, 6.07) is 0. The highest BCUT2D eigenvalue weighted by molar-refractivity contribution is 9.10. The van der Waals surface area contributed by atoms with E-state index in [4.69, 9.17) is 26.1 Å². The molecule has 3 aromatic heterocycles. The number of hydrogen-bond donors (Lipinski definition) is 1. The summed E-state index contributed by atoms with van der Waals surface area (Å²) in [5.74, 6) is 0.103. The van der Waals surface area contributed by atoms with Gasteiger partial charge in [-0.05, 0) is 49.0 Å². The molecule has 0 spiro atoms. The molecule has 0 aliphatic carbocycles. The predicted molar refractivity (Wildman–Crippen MR) is 141 cm³/mol. The van der Waals surface area contributed by atoms with E-state index in [0.717, 1.165) is 12.1 Å². The first-order chi connectivity index (χ1) is 17.3. The molecule has 1 fully saturated rings. The molecule has 0 aromatic carbocycles. The van der Waals surface area contributed by atoms with Crippen molar-refractivity contribution in [1.29, 1.82) is 0 Å². The van der Waals surface area contributed by atoms with Crippen LogP contribution in [0.3, 0.4) is 0 Å². The van der Waals surface area contributed by atoms with Gasteiger partial charge >= 0.3 is 5.97 Å². The Balaban J connectivity index is 1.55. The van der Waals surface area contributed by atoms with Crippen molar-refractivity contribution in [3.63, 3.8) is 0 Å². The average Bonchev–Trinajstić information content (AvgIpc) is 3.58. The summed E-state index contributed by atoms with van der Waals surface area (Å²) in [6.07, 6.45) is 2.32. The van der Waals surface area contributed by atoms with Gasteiger partial charge in [-0.1, -0.05) is 22.9 Å². The molecule has 2 atom stereocenters. The standard InChI is InChI=1S/C23H28BrClN6O4S/c1-5-31-21(26-11-27-31)19-20(22(33)35-6-2)36-23(29-19)30-8-7-13(15(10-30)34-4)9-14(32)18-16(24)17(25)12(3)28-18/h11,13,15,28H,5-10H2,1-4H3/t13-,15-/m0/s1. The molecule has 4 heterocycles. The van der Waals surface area contributed by atoms with Crippen LogP contribution in [0.5, 0.6) is 0 Å². The molecule has 0 radical (unpaired) electrons. The third-order valence-corrected chi connectivity index (χ3v) is 8.84. The molecular formula is C23H28BrClN6O4S. The molecule has 36 heavy (non-hydrogen) atoms. The zero-order valence-electron chi connectivity index (χ0n) is 20.5. The Morgan fingerprint density at radius 1 is 1.36 bits per heavy atom. The first-order valence-corrected chi connectivity index (χ1v) is 13.7. The number of aromatic amines is 1. The van der Waals surface area contributed by atoms with Crippen molar-refractivity contribution in [2.24, 2.45) is 5.92 Å². The van der Waals surface area contributed by atoms with Crippen LogP contribution in [-0.2, 0) is 16.0 Å². The van der Waals surface area contributed by atoms with Gasteiger partial charge in [0.15, 0.2) is 16.7 Å². The Labute approximate surface area is 226 Å². The molecule has 1 aliphatic rings. The van der Waals surface area contributed by atoms with Gasteiger partial charge in [-0.15, -0.1) is 0 Å². The van der Waals surface area contributed by atoms with Gasteiger partial charge in [0.25, 0.3) is 0 Å². The van der Waals surface area contributed by atoms with Crippen molar-refractivity contribution in [1.82, 2.24) is 24.7 Å². The fraction of sp³-hybridized carbons (Fsp3) is 0.522. The van der Waals surface area contributed by atoms with Crippen molar-refractivity contribution in [3.8, 4) is 11.5 Å². The number of methoxy groups -OCH3 is 1. The van der Waals surface area contributed by atoms with Crippen LogP contribution in [0.1, 0.15) is 52.5 Å². The molecule has 0 saturated carbocycles. The number of halogens is 2. The number of ether oxygens (including phenoxy) is 2. The molecule has 10 nitrogen and oxygen atoms in total. The molecule has 0 amide bonds. The number of carbonyl (C=O) groups is 2. The van der Waals surface area contributed by atoms with Gasteiger partial charge in [-0.3, -0.25) is 4.79 Å². The topological polar surface area (TPSA) is 115 Å². The van der Waals surface area contributed by atoms with E-state index in [1.807, 2.05) is 13.8 Å². The zero-order chi connectivity index (χ0) is 26.0. The fourth-order valence-electron chi connectivity index (χ4n) is 4.35. The van der Waals surface area contributed by atoms with E-state index in [1.165, 1.54) is 17.7 Å². The van der Waals surface area contributed by atoms with E-state index in [-0.39, 0.29) is 24.4 Å². The van der Waals surface area contributed by atoms with Gasteiger partial charge < -0.3 is 19.4 Å². The molecule has 13 heteroatoms. The minimum atomic E-state index is -0.434. The Kier molecular flexibility index (Phi) is 8.48. The Morgan fingerprint density at radius 2 is 2.14 bits per heavy atom. The number of ketones is 1. The number of esters is 1. The molecule has 1 saturated heterocycles. The molecule has 0 unspecified atom stereocenters. The lowest BCUT2D eigenvalue weighted by Gasteiger charge is -2.37. The van der Waals surface area contributed by atoms with Crippen LogP contribution in [0, 0.1) is 12.8 Å². The van der Waals surface area contributed by atoms with Crippen molar-refractivity contribution in [2.75, 3.05) is 31.7 Å². The number of nitrogens with zero attached hydrogens (tertiary/aromatic N) is 5. The van der Waals surface area contributed by atoms with Gasteiger partial charge in [0.2, 0.25) is 0 Å². The number of thiazole rings is 1. The summed E-state index contributed by atoms with van der Waals surface area (Å²) >= 11 is 10.9. The smallest absolute Gasteiger partial charge is 0.350 e. The maximum atomic E-state index is 13.0. The van der Waals surface area contributed by atoms with Crippen LogP contribution >= 0.6 is 38.9 Å². The largest absolute Gasteiger partial charge is 0.462 e. The van der Waals surface area contributed by atoms with Crippen LogP contribution in [0.2, 0.25) is 5.02 Å². The van der Waals surface area contributed by atoms with Gasteiger partial charge in [-0.25, -0.2) is 19.4 Å². The van der Waals surface area contributed by atoms with Crippen molar-refractivity contribution in [3.05, 3.63) is 32.1 Å². The van der Waals surface area contributed by atoms with Crippen molar-refractivity contribution in [2.45, 2.75) is 46.3 Å². The Hall–Kier alpha value is -2.28. The number of aryl methyl sites for hydroxylation is 2. The number of Topliss-reactive ketones (excluding diaryl/α,β-unsaturated/α-hetero) is 1. The van der Waals surface area contributed by atoms with Crippen LogP contribution in [0.4, 0.5) is 5.13 Å². The lowest BCUT2D eigenvalue weighted by Crippen LogP contribution is -2.45. The highest BCUT2D eigenvalue weighted by Gasteiger charge is 2.35. The van der Waals surface area contributed by atoms with Gasteiger partial charge in [0.1, 0.15) is 16.9 Å². The number of piperidine rings is 1. The summed E-state index contributed by atoms with van der Waals surface area (Å²) in [4.78, 5) is 40.4. The van der Waals surface area contributed by atoms with Crippen LogP contribution in [-0.4, -0.2) is 69.4 Å². The molecule has 4 rings (SSSR count). The van der Waals surface area contributed by atoms with E-state index in [2.05, 4.69) is 35.9 Å². The monoisotopic (exact) mass is 598 g/mol. The molecule has 0 bridgehead atoms. The minimum Gasteiger partial charge on any atom is -0.462 e. The maximum absolute atomic E-state index is 13.0. The predicted octanol–water partition coefficient (Wildman–Crippen LogP) is 4.76.